The number of rotatable bonds is 2. The van der Waals surface area contributed by atoms with Gasteiger partial charge in [0.2, 0.25) is 0 Å². The van der Waals surface area contributed by atoms with E-state index in [1.54, 1.807) is 4.90 Å². The van der Waals surface area contributed by atoms with Gasteiger partial charge in [-0.2, -0.15) is 13.2 Å². The van der Waals surface area contributed by atoms with E-state index in [4.69, 9.17) is 5.11 Å². The van der Waals surface area contributed by atoms with Crippen LogP contribution in [-0.4, -0.2) is 24.2 Å². The monoisotopic (exact) mass is 273 g/mol. The van der Waals surface area contributed by atoms with Gasteiger partial charge >= 0.3 is 12.1 Å². The summed E-state index contributed by atoms with van der Waals surface area (Å²) in [7, 11) is 0. The van der Waals surface area contributed by atoms with Crippen molar-refractivity contribution in [3.05, 3.63) is 29.3 Å². The maximum atomic E-state index is 12.7. The standard InChI is InChI=1S/C13H14F3NO2/c14-13(15,16)9-4-5-10(12(18)19)11(8-9)17-6-2-1-3-7-17/h4-5,8H,1-3,6-7H2,(H,18,19). The zero-order chi connectivity index (χ0) is 14.0. The van der Waals surface area contributed by atoms with Gasteiger partial charge in [0.15, 0.2) is 0 Å². The number of aromatic carboxylic acids is 1. The second kappa shape index (κ2) is 5.11. The predicted octanol–water partition coefficient (Wildman–Crippen LogP) is 3.39. The van der Waals surface area contributed by atoms with Gasteiger partial charge in [-0.1, -0.05) is 0 Å². The first kappa shape index (κ1) is 13.7. The Morgan fingerprint density at radius 2 is 1.79 bits per heavy atom. The number of benzene rings is 1. The molecule has 6 heteroatoms. The summed E-state index contributed by atoms with van der Waals surface area (Å²) in [5.41, 5.74) is -0.713. The summed E-state index contributed by atoms with van der Waals surface area (Å²) in [5, 5.41) is 9.08. The van der Waals surface area contributed by atoms with E-state index in [0.29, 0.717) is 13.1 Å². The summed E-state index contributed by atoms with van der Waals surface area (Å²) < 4.78 is 38.1. The van der Waals surface area contributed by atoms with E-state index in [1.807, 2.05) is 0 Å². The molecule has 0 bridgehead atoms. The van der Waals surface area contributed by atoms with Crippen molar-refractivity contribution >= 4 is 11.7 Å². The zero-order valence-electron chi connectivity index (χ0n) is 10.2. The highest BCUT2D eigenvalue weighted by atomic mass is 19.4. The summed E-state index contributed by atoms with van der Waals surface area (Å²) in [6.45, 7) is 1.20. The van der Waals surface area contributed by atoms with Crippen LogP contribution in [0.3, 0.4) is 0 Å². The summed E-state index contributed by atoms with van der Waals surface area (Å²) in [6.07, 6.45) is -1.69. The highest BCUT2D eigenvalue weighted by Gasteiger charge is 2.32. The third kappa shape index (κ3) is 3.00. The fraction of sp³-hybridized carbons (Fsp3) is 0.462. The van der Waals surface area contributed by atoms with Gasteiger partial charge in [-0.3, -0.25) is 0 Å². The van der Waals surface area contributed by atoms with Gasteiger partial charge < -0.3 is 10.0 Å². The first-order valence-corrected chi connectivity index (χ1v) is 6.09. The summed E-state index contributed by atoms with van der Waals surface area (Å²) in [4.78, 5) is 12.8. The molecule has 1 saturated heterocycles. The first-order chi connectivity index (χ1) is 8.89. The fourth-order valence-electron chi connectivity index (χ4n) is 2.29. The molecule has 0 aromatic heterocycles. The lowest BCUT2D eigenvalue weighted by Crippen LogP contribution is -2.31. The molecule has 19 heavy (non-hydrogen) atoms. The minimum atomic E-state index is -4.46. The number of anilines is 1. The largest absolute Gasteiger partial charge is 0.478 e. The summed E-state index contributed by atoms with van der Waals surface area (Å²) in [5.74, 6) is -1.20. The number of hydrogen-bond acceptors (Lipinski definition) is 2. The topological polar surface area (TPSA) is 40.5 Å². The van der Waals surface area contributed by atoms with Crippen molar-refractivity contribution in [2.75, 3.05) is 18.0 Å². The molecule has 0 unspecified atom stereocenters. The summed E-state index contributed by atoms with van der Waals surface area (Å²) in [6, 6.07) is 2.79. The van der Waals surface area contributed by atoms with Gasteiger partial charge in [0.05, 0.1) is 16.8 Å². The molecule has 0 atom stereocenters. The molecule has 0 radical (unpaired) electrons. The Morgan fingerprint density at radius 3 is 2.32 bits per heavy atom. The molecule has 0 aliphatic carbocycles. The van der Waals surface area contributed by atoms with E-state index in [9.17, 15) is 18.0 Å². The minimum Gasteiger partial charge on any atom is -0.478 e. The van der Waals surface area contributed by atoms with E-state index in [2.05, 4.69) is 0 Å². The van der Waals surface area contributed by atoms with Gasteiger partial charge in [0.25, 0.3) is 0 Å². The van der Waals surface area contributed by atoms with Crippen molar-refractivity contribution in [1.82, 2.24) is 0 Å². The van der Waals surface area contributed by atoms with Crippen LogP contribution in [0.25, 0.3) is 0 Å². The number of carbonyl (C=O) groups is 1. The molecule has 1 aromatic carbocycles. The molecule has 2 rings (SSSR count). The van der Waals surface area contributed by atoms with Crippen LogP contribution < -0.4 is 4.90 Å². The second-order valence-corrected chi connectivity index (χ2v) is 4.58. The van der Waals surface area contributed by atoms with E-state index in [-0.39, 0.29) is 11.3 Å². The lowest BCUT2D eigenvalue weighted by Gasteiger charge is -2.30. The Bertz CT molecular complexity index is 479. The normalized spacial score (nSPS) is 16.5. The lowest BCUT2D eigenvalue weighted by molar-refractivity contribution is -0.137. The lowest BCUT2D eigenvalue weighted by atomic mass is 10.0. The molecule has 1 N–H and O–H groups in total. The Kier molecular flexibility index (Phi) is 3.68. The van der Waals surface area contributed by atoms with Crippen molar-refractivity contribution < 1.29 is 23.1 Å². The Morgan fingerprint density at radius 1 is 1.16 bits per heavy atom. The molecule has 1 aliphatic rings. The van der Waals surface area contributed by atoms with E-state index < -0.39 is 17.7 Å². The van der Waals surface area contributed by atoms with Crippen molar-refractivity contribution in [3.8, 4) is 0 Å². The molecular formula is C13H14F3NO2. The van der Waals surface area contributed by atoms with Gasteiger partial charge in [-0.25, -0.2) is 4.79 Å². The van der Waals surface area contributed by atoms with E-state index in [1.165, 1.54) is 0 Å². The number of nitrogens with zero attached hydrogens (tertiary/aromatic N) is 1. The third-order valence-corrected chi connectivity index (χ3v) is 3.25. The molecule has 0 spiro atoms. The number of halogens is 3. The van der Waals surface area contributed by atoms with Crippen molar-refractivity contribution in [3.63, 3.8) is 0 Å². The number of hydrogen-bond donors (Lipinski definition) is 1. The van der Waals surface area contributed by atoms with Crippen molar-refractivity contribution in [2.45, 2.75) is 25.4 Å². The average Bonchev–Trinajstić information content (AvgIpc) is 2.38. The first-order valence-electron chi connectivity index (χ1n) is 6.09. The SMILES string of the molecule is O=C(O)c1ccc(C(F)(F)F)cc1N1CCCCC1. The predicted molar refractivity (Wildman–Crippen MR) is 64.5 cm³/mol. The molecule has 3 nitrogen and oxygen atoms in total. The van der Waals surface area contributed by atoms with Crippen LogP contribution in [0.2, 0.25) is 0 Å². The Labute approximate surface area is 108 Å². The Hall–Kier alpha value is -1.72. The second-order valence-electron chi connectivity index (χ2n) is 4.58. The van der Waals surface area contributed by atoms with E-state index in [0.717, 1.165) is 37.5 Å². The van der Waals surface area contributed by atoms with Gasteiger partial charge in [0, 0.05) is 13.1 Å². The molecule has 1 aliphatic heterocycles. The zero-order valence-corrected chi connectivity index (χ0v) is 10.2. The summed E-state index contributed by atoms with van der Waals surface area (Å²) >= 11 is 0. The molecule has 1 aromatic rings. The van der Waals surface area contributed by atoms with Crippen molar-refractivity contribution in [2.24, 2.45) is 0 Å². The smallest absolute Gasteiger partial charge is 0.416 e. The van der Waals surface area contributed by atoms with Gasteiger partial charge in [0.1, 0.15) is 0 Å². The fourth-order valence-corrected chi connectivity index (χ4v) is 2.29. The third-order valence-electron chi connectivity index (χ3n) is 3.25. The van der Waals surface area contributed by atoms with Crippen LogP contribution in [0, 0.1) is 0 Å². The van der Waals surface area contributed by atoms with Crippen molar-refractivity contribution in [1.29, 1.82) is 0 Å². The minimum absolute atomic E-state index is 0.0742. The van der Waals surface area contributed by atoms with Crippen LogP contribution in [0.5, 0.6) is 0 Å². The quantitative estimate of drug-likeness (QED) is 0.897. The molecule has 1 heterocycles. The van der Waals surface area contributed by atoms with Gasteiger partial charge in [-0.15, -0.1) is 0 Å². The average molecular weight is 273 g/mol. The number of piperidine rings is 1. The van der Waals surface area contributed by atoms with Crippen LogP contribution in [0.1, 0.15) is 35.2 Å². The maximum absolute atomic E-state index is 12.7. The van der Waals surface area contributed by atoms with Crippen LogP contribution in [0.15, 0.2) is 18.2 Å². The molecule has 0 amide bonds. The van der Waals surface area contributed by atoms with E-state index >= 15 is 0 Å². The number of carboxylic acid groups (broad SMARTS) is 1. The number of carboxylic acids is 1. The number of alkyl halides is 3. The van der Waals surface area contributed by atoms with Crippen LogP contribution in [-0.2, 0) is 6.18 Å². The Balaban J connectivity index is 2.44. The van der Waals surface area contributed by atoms with Crippen LogP contribution in [0.4, 0.5) is 18.9 Å². The van der Waals surface area contributed by atoms with Crippen LogP contribution >= 0.6 is 0 Å². The highest BCUT2D eigenvalue weighted by molar-refractivity contribution is 5.94. The highest BCUT2D eigenvalue weighted by Crippen LogP contribution is 2.34. The molecular weight excluding hydrogens is 259 g/mol. The molecule has 0 saturated carbocycles. The molecule has 104 valence electrons. The molecule has 1 fully saturated rings. The van der Waals surface area contributed by atoms with Gasteiger partial charge in [-0.05, 0) is 37.5 Å². The maximum Gasteiger partial charge on any atom is 0.416 e.